The van der Waals surface area contributed by atoms with Crippen LogP contribution < -0.4 is 4.74 Å². The molecule has 1 saturated heterocycles. The van der Waals surface area contributed by atoms with Gasteiger partial charge in [0.25, 0.3) is 0 Å². The van der Waals surface area contributed by atoms with Gasteiger partial charge >= 0.3 is 0 Å². The first-order valence-corrected chi connectivity index (χ1v) is 14.3. The van der Waals surface area contributed by atoms with E-state index in [2.05, 4.69) is 4.98 Å². The summed E-state index contributed by atoms with van der Waals surface area (Å²) in [6.07, 6.45) is 1.83. The molecular weight excluding hydrogens is 567 g/mol. The molecular formula is C34H28F3N5O2. The number of halogens is 3. The highest BCUT2D eigenvalue weighted by atomic mass is 19.1. The van der Waals surface area contributed by atoms with E-state index >= 15 is 8.78 Å². The number of nitriles is 1. The molecule has 1 aliphatic heterocycles. The van der Waals surface area contributed by atoms with Crippen LogP contribution in [0.25, 0.3) is 22.3 Å². The Balaban J connectivity index is 1.25. The number of ether oxygens (including phenoxy) is 1. The van der Waals surface area contributed by atoms with E-state index in [-0.39, 0.29) is 58.8 Å². The van der Waals surface area contributed by atoms with Gasteiger partial charge < -0.3 is 14.2 Å². The molecule has 0 N–H and O–H groups in total. The number of nitrogens with zero attached hydrogens (tertiary/aromatic N) is 5. The summed E-state index contributed by atoms with van der Waals surface area (Å²) in [4.78, 5) is 23.1. The molecule has 3 aromatic carbocycles. The van der Waals surface area contributed by atoms with Gasteiger partial charge in [-0.25, -0.2) is 23.1 Å². The van der Waals surface area contributed by atoms with Gasteiger partial charge in [-0.05, 0) is 60.9 Å². The van der Waals surface area contributed by atoms with Crippen LogP contribution in [-0.4, -0.2) is 37.9 Å². The largest absolute Gasteiger partial charge is 0.473 e. The summed E-state index contributed by atoms with van der Waals surface area (Å²) in [6.45, 7) is 2.63. The van der Waals surface area contributed by atoms with Gasteiger partial charge in [-0.3, -0.25) is 4.79 Å². The third kappa shape index (κ3) is 5.86. The molecule has 7 nitrogen and oxygen atoms in total. The second kappa shape index (κ2) is 12.2. The summed E-state index contributed by atoms with van der Waals surface area (Å²) < 4.78 is 52.9. The Kier molecular flexibility index (Phi) is 8.03. The lowest BCUT2D eigenvalue weighted by molar-refractivity contribution is -0.129. The number of carbonyl (C=O) groups is 1. The van der Waals surface area contributed by atoms with Crippen molar-refractivity contribution in [1.82, 2.24) is 19.4 Å². The van der Waals surface area contributed by atoms with Crippen molar-refractivity contribution in [2.24, 2.45) is 0 Å². The molecule has 6 rings (SSSR count). The van der Waals surface area contributed by atoms with Gasteiger partial charge in [0.05, 0.1) is 28.4 Å². The second-order valence-corrected chi connectivity index (χ2v) is 10.8. The van der Waals surface area contributed by atoms with Crippen LogP contribution in [-0.2, 0) is 24.4 Å². The lowest BCUT2D eigenvalue weighted by Gasteiger charge is -2.24. The normalized spacial score (nSPS) is 14.6. The minimum atomic E-state index is -0.662. The highest BCUT2D eigenvalue weighted by Crippen LogP contribution is 2.29. The predicted molar refractivity (Wildman–Crippen MR) is 158 cm³/mol. The number of pyridine rings is 1. The number of benzene rings is 3. The molecule has 2 aromatic heterocycles. The van der Waals surface area contributed by atoms with Crippen LogP contribution in [0.3, 0.4) is 0 Å². The molecule has 0 spiro atoms. The third-order valence-corrected chi connectivity index (χ3v) is 7.95. The quantitative estimate of drug-likeness (QED) is 0.203. The molecule has 44 heavy (non-hydrogen) atoms. The van der Waals surface area contributed by atoms with Gasteiger partial charge in [0.2, 0.25) is 11.8 Å². The fraction of sp³-hybridized carbons (Fsp3) is 0.235. The number of para-hydroxylation sites is 2. The fourth-order valence-corrected chi connectivity index (χ4v) is 5.74. The van der Waals surface area contributed by atoms with Crippen molar-refractivity contribution in [2.45, 2.75) is 45.4 Å². The summed E-state index contributed by atoms with van der Waals surface area (Å²) >= 11 is 0. The summed E-state index contributed by atoms with van der Waals surface area (Å²) in [5.41, 5.74) is 2.29. The minimum absolute atomic E-state index is 0.00166. The summed E-state index contributed by atoms with van der Waals surface area (Å²) in [5, 5.41) is 8.92. The molecule has 1 amide bonds. The van der Waals surface area contributed by atoms with Crippen molar-refractivity contribution in [1.29, 1.82) is 5.26 Å². The monoisotopic (exact) mass is 595 g/mol. The molecule has 1 aliphatic rings. The van der Waals surface area contributed by atoms with Gasteiger partial charge in [-0.2, -0.15) is 5.26 Å². The van der Waals surface area contributed by atoms with Crippen molar-refractivity contribution in [3.05, 3.63) is 113 Å². The fourth-order valence-electron chi connectivity index (χ4n) is 5.74. The van der Waals surface area contributed by atoms with Crippen molar-refractivity contribution in [3.8, 4) is 23.2 Å². The van der Waals surface area contributed by atoms with Gasteiger partial charge in [0, 0.05) is 49.7 Å². The first kappa shape index (κ1) is 28.9. The Morgan fingerprint density at radius 1 is 0.977 bits per heavy atom. The van der Waals surface area contributed by atoms with Crippen molar-refractivity contribution >= 4 is 16.9 Å². The number of imidazole rings is 1. The molecule has 3 heterocycles. The first-order chi connectivity index (χ1) is 21.3. The molecule has 10 heteroatoms. The Labute approximate surface area is 252 Å². The number of carbonyl (C=O) groups excluding carboxylic acids is 1. The van der Waals surface area contributed by atoms with Crippen LogP contribution in [0.15, 0.2) is 72.8 Å². The molecule has 5 aromatic rings. The molecule has 0 radical (unpaired) electrons. The van der Waals surface area contributed by atoms with Crippen LogP contribution >= 0.6 is 0 Å². The highest BCUT2D eigenvalue weighted by Gasteiger charge is 2.28. The second-order valence-electron chi connectivity index (χ2n) is 10.8. The van der Waals surface area contributed by atoms with E-state index in [1.54, 1.807) is 13.0 Å². The van der Waals surface area contributed by atoms with E-state index in [4.69, 9.17) is 15.0 Å². The summed E-state index contributed by atoms with van der Waals surface area (Å²) in [6, 6.07) is 20.5. The van der Waals surface area contributed by atoms with Crippen molar-refractivity contribution < 1.29 is 22.7 Å². The van der Waals surface area contributed by atoms with E-state index in [1.807, 2.05) is 39.8 Å². The number of amides is 1. The van der Waals surface area contributed by atoms with Crippen LogP contribution in [0.2, 0.25) is 0 Å². The number of likely N-dealkylation sites (tertiary alicyclic amines) is 1. The molecule has 1 atom stereocenters. The number of hydrogen-bond donors (Lipinski definition) is 0. The van der Waals surface area contributed by atoms with Gasteiger partial charge in [-0.15, -0.1) is 0 Å². The average Bonchev–Trinajstić information content (AvgIpc) is 3.63. The molecule has 1 fully saturated rings. The van der Waals surface area contributed by atoms with E-state index < -0.39 is 17.5 Å². The zero-order chi connectivity index (χ0) is 30.8. The standard InChI is InChI=1S/C34H28F3N5O2/c1-21(43)41-13-5-6-25(41)19-42-32-9-3-2-7-31(32)39-33(42)16-24-15-29(37)26(17-28(24)36)30-8-4-10-34(40-30)44-20-23-12-11-22(18-38)14-27(23)35/h2-4,7-12,14-15,17,25H,5-6,13,16,19-20H2,1H3. The zero-order valence-electron chi connectivity index (χ0n) is 23.9. The Morgan fingerprint density at radius 3 is 2.59 bits per heavy atom. The van der Waals surface area contributed by atoms with Crippen molar-refractivity contribution in [2.75, 3.05) is 6.54 Å². The number of fused-ring (bicyclic) bond motifs is 1. The average molecular weight is 596 g/mol. The maximum atomic E-state index is 15.6. The van der Waals surface area contributed by atoms with Gasteiger partial charge in [-0.1, -0.05) is 24.3 Å². The number of aromatic nitrogens is 3. The van der Waals surface area contributed by atoms with Crippen LogP contribution in [0, 0.1) is 28.8 Å². The van der Waals surface area contributed by atoms with Gasteiger partial charge in [0.1, 0.15) is 29.9 Å². The third-order valence-electron chi connectivity index (χ3n) is 7.95. The molecule has 0 bridgehead atoms. The van der Waals surface area contributed by atoms with Crippen LogP contribution in [0.4, 0.5) is 13.2 Å². The summed E-state index contributed by atoms with van der Waals surface area (Å²) in [7, 11) is 0. The lowest BCUT2D eigenvalue weighted by atomic mass is 10.0. The van der Waals surface area contributed by atoms with E-state index in [9.17, 15) is 9.18 Å². The maximum absolute atomic E-state index is 15.6. The SMILES string of the molecule is CC(=O)N1CCCC1Cn1c(Cc2cc(F)c(-c3cccc(OCc4ccc(C#N)cc4F)n3)cc2F)nc2ccccc21. The minimum Gasteiger partial charge on any atom is -0.473 e. The smallest absolute Gasteiger partial charge is 0.219 e. The van der Waals surface area contributed by atoms with Crippen LogP contribution in [0.5, 0.6) is 5.88 Å². The highest BCUT2D eigenvalue weighted by molar-refractivity contribution is 5.76. The molecule has 0 aliphatic carbocycles. The molecule has 0 saturated carbocycles. The summed E-state index contributed by atoms with van der Waals surface area (Å²) in [5.74, 6) is -1.15. The van der Waals surface area contributed by atoms with E-state index in [0.717, 1.165) is 42.1 Å². The van der Waals surface area contributed by atoms with E-state index in [0.29, 0.717) is 18.9 Å². The Bertz CT molecular complexity index is 1920. The number of hydrogen-bond acceptors (Lipinski definition) is 5. The molecule has 1 unspecified atom stereocenters. The van der Waals surface area contributed by atoms with E-state index in [1.165, 1.54) is 24.3 Å². The zero-order valence-corrected chi connectivity index (χ0v) is 23.9. The predicted octanol–water partition coefficient (Wildman–Crippen LogP) is 6.57. The molecule has 222 valence electrons. The van der Waals surface area contributed by atoms with Crippen molar-refractivity contribution in [3.63, 3.8) is 0 Å². The topological polar surface area (TPSA) is 84.0 Å². The lowest BCUT2D eigenvalue weighted by Crippen LogP contribution is -2.36. The van der Waals surface area contributed by atoms with Crippen LogP contribution in [0.1, 0.15) is 42.3 Å². The number of rotatable bonds is 8. The first-order valence-electron chi connectivity index (χ1n) is 14.3. The maximum Gasteiger partial charge on any atom is 0.219 e. The Hall–Kier alpha value is -5.17. The van der Waals surface area contributed by atoms with Gasteiger partial charge in [0.15, 0.2) is 0 Å². The Morgan fingerprint density at radius 2 is 1.80 bits per heavy atom.